The molecule has 0 aliphatic heterocycles. The molecular weight excluding hydrogens is 402 g/mol. The van der Waals surface area contributed by atoms with Crippen LogP contribution in [0, 0.1) is 4.51 Å². The van der Waals surface area contributed by atoms with E-state index >= 15 is 0 Å². The number of methoxy groups -OCH3 is 1. The van der Waals surface area contributed by atoms with Crippen molar-refractivity contribution in [2.24, 2.45) is 0 Å². The van der Waals surface area contributed by atoms with E-state index in [1.54, 1.807) is 18.4 Å². The summed E-state index contributed by atoms with van der Waals surface area (Å²) < 4.78 is 14.1. The van der Waals surface area contributed by atoms with Gasteiger partial charge < -0.3 is 14.1 Å². The van der Waals surface area contributed by atoms with Crippen molar-refractivity contribution in [3.8, 4) is 0 Å². The van der Waals surface area contributed by atoms with Crippen molar-refractivity contribution in [1.82, 2.24) is 0 Å². The zero-order chi connectivity index (χ0) is 15.9. The van der Waals surface area contributed by atoms with Crippen LogP contribution in [-0.2, 0) is 4.74 Å². The second kappa shape index (κ2) is 9.27. The Bertz CT molecular complexity index is 656. The minimum atomic E-state index is 0.799. The van der Waals surface area contributed by atoms with E-state index in [1.165, 1.54) is 0 Å². The monoisotopic (exact) mass is 421 g/mol. The lowest BCUT2D eigenvalue weighted by atomic mass is 10.3. The predicted molar refractivity (Wildman–Crippen MR) is 104 cm³/mol. The van der Waals surface area contributed by atoms with Crippen molar-refractivity contribution in [2.75, 3.05) is 43.2 Å². The molecule has 0 spiro atoms. The topological polar surface area (TPSA) is 25.6 Å². The molecule has 2 rings (SSSR count). The van der Waals surface area contributed by atoms with Crippen LogP contribution >= 0.6 is 51.2 Å². The van der Waals surface area contributed by atoms with Crippen molar-refractivity contribution in [1.29, 1.82) is 0 Å². The smallest absolute Gasteiger partial charge is 0.197 e. The van der Waals surface area contributed by atoms with Crippen LogP contribution in [-0.4, -0.2) is 38.3 Å². The number of anilines is 1. The molecule has 122 valence electrons. The summed E-state index contributed by atoms with van der Waals surface area (Å²) in [7, 11) is 1.74. The Morgan fingerprint density at radius 3 is 2.95 bits per heavy atom. The fourth-order valence-corrected chi connectivity index (χ4v) is 4.71. The summed E-state index contributed by atoms with van der Waals surface area (Å²) in [5.41, 5.74) is 0.862. The summed E-state index contributed by atoms with van der Waals surface area (Å²) in [4.78, 5) is 2.28. The Morgan fingerprint density at radius 2 is 2.23 bits per heavy atom. The van der Waals surface area contributed by atoms with Crippen molar-refractivity contribution in [3.63, 3.8) is 0 Å². The summed E-state index contributed by atoms with van der Waals surface area (Å²) >= 11 is 12.6. The number of ether oxygens (including phenoxy) is 1. The van der Waals surface area contributed by atoms with E-state index in [4.69, 9.17) is 21.4 Å². The molecule has 0 bridgehead atoms. The first kappa shape index (κ1) is 18.3. The summed E-state index contributed by atoms with van der Waals surface area (Å²) in [5.74, 6) is 2.94. The number of halogens is 1. The minimum Gasteiger partial charge on any atom is -0.438 e. The Labute approximate surface area is 153 Å². The summed E-state index contributed by atoms with van der Waals surface area (Å²) in [6, 6.07) is 1.98. The van der Waals surface area contributed by atoms with Gasteiger partial charge in [0, 0.05) is 43.2 Å². The van der Waals surface area contributed by atoms with Gasteiger partial charge in [0.1, 0.15) is 0 Å². The van der Waals surface area contributed by atoms with E-state index < -0.39 is 0 Å². The molecule has 2 aromatic heterocycles. The highest BCUT2D eigenvalue weighted by atomic mass is 79.9. The van der Waals surface area contributed by atoms with Gasteiger partial charge in [0.05, 0.1) is 20.3 Å². The van der Waals surface area contributed by atoms with Gasteiger partial charge >= 0.3 is 0 Å². The second-order valence-electron chi connectivity index (χ2n) is 4.78. The van der Waals surface area contributed by atoms with Crippen LogP contribution in [0.2, 0.25) is 0 Å². The zero-order valence-electron chi connectivity index (χ0n) is 12.8. The molecule has 0 aliphatic carbocycles. The molecule has 0 saturated heterocycles. The summed E-state index contributed by atoms with van der Waals surface area (Å²) in [5, 5.41) is 2.03. The first-order chi connectivity index (χ1) is 10.7. The van der Waals surface area contributed by atoms with Gasteiger partial charge in [-0.3, -0.25) is 0 Å². The molecule has 3 nitrogen and oxygen atoms in total. The molecule has 2 aromatic rings. The molecule has 0 unspecified atom stereocenters. The molecule has 0 aliphatic rings. The predicted octanol–water partition coefficient (Wildman–Crippen LogP) is 5.58. The lowest BCUT2D eigenvalue weighted by Gasteiger charge is -2.22. The maximum atomic E-state index is 6.10. The first-order valence-electron chi connectivity index (χ1n) is 7.19. The minimum absolute atomic E-state index is 0.799. The highest BCUT2D eigenvalue weighted by Crippen LogP contribution is 2.34. The highest BCUT2D eigenvalue weighted by Gasteiger charge is 2.13. The van der Waals surface area contributed by atoms with E-state index in [9.17, 15) is 0 Å². The Hall–Kier alpha value is -0.0800. The average Bonchev–Trinajstić information content (AvgIpc) is 2.88. The molecule has 0 aromatic carbocycles. The van der Waals surface area contributed by atoms with Crippen molar-refractivity contribution in [3.05, 3.63) is 20.4 Å². The van der Waals surface area contributed by atoms with E-state index in [1.807, 2.05) is 23.2 Å². The van der Waals surface area contributed by atoms with Crippen molar-refractivity contribution < 1.29 is 9.15 Å². The number of hydrogen-bond donors (Lipinski definition) is 0. The van der Waals surface area contributed by atoms with Crippen molar-refractivity contribution >= 4 is 67.4 Å². The van der Waals surface area contributed by atoms with Crippen LogP contribution in [0.25, 0.3) is 10.3 Å². The van der Waals surface area contributed by atoms with Gasteiger partial charge in [-0.2, -0.15) is 11.8 Å². The summed E-state index contributed by atoms with van der Waals surface area (Å²) in [6.45, 7) is 4.90. The lowest BCUT2D eigenvalue weighted by molar-refractivity contribution is 0.218. The standard InChI is InChI=1S/C15H20BrNO2S3/c1-3-4-17(5-7-21-8-6-18-2)13-9-12(20)15-14(19-13)11(16)10-22-15/h9-10H,3-8H2,1-2H3. The third-order valence-electron chi connectivity index (χ3n) is 3.13. The fourth-order valence-electron chi connectivity index (χ4n) is 2.08. The first-order valence-corrected chi connectivity index (χ1v) is 10.4. The Kier molecular flexibility index (Phi) is 7.70. The lowest BCUT2D eigenvalue weighted by Crippen LogP contribution is -2.26. The van der Waals surface area contributed by atoms with Gasteiger partial charge in [-0.15, -0.1) is 11.3 Å². The van der Waals surface area contributed by atoms with Crippen molar-refractivity contribution in [2.45, 2.75) is 13.3 Å². The Balaban J connectivity index is 2.13. The van der Waals surface area contributed by atoms with Gasteiger partial charge in [0.25, 0.3) is 0 Å². The van der Waals surface area contributed by atoms with Gasteiger partial charge in [-0.1, -0.05) is 19.1 Å². The molecule has 0 N–H and O–H groups in total. The third-order valence-corrected chi connectivity index (χ3v) is 6.40. The molecule has 22 heavy (non-hydrogen) atoms. The molecule has 0 atom stereocenters. The van der Waals surface area contributed by atoms with Crippen LogP contribution in [0.1, 0.15) is 13.3 Å². The summed E-state index contributed by atoms with van der Waals surface area (Å²) in [6.07, 6.45) is 1.08. The quantitative estimate of drug-likeness (QED) is 0.388. The van der Waals surface area contributed by atoms with Gasteiger partial charge in [0.15, 0.2) is 11.5 Å². The molecule has 0 radical (unpaired) electrons. The van der Waals surface area contributed by atoms with Gasteiger partial charge in [0.2, 0.25) is 0 Å². The number of nitrogens with zero attached hydrogens (tertiary/aromatic N) is 1. The molecular formula is C15H20BrNO2S3. The maximum absolute atomic E-state index is 6.10. The molecule has 2 heterocycles. The number of rotatable bonds is 9. The van der Waals surface area contributed by atoms with Crippen LogP contribution < -0.4 is 4.90 Å². The van der Waals surface area contributed by atoms with Crippen LogP contribution in [0.4, 0.5) is 5.88 Å². The Morgan fingerprint density at radius 1 is 1.41 bits per heavy atom. The SMILES string of the molecule is CCCN(CCSCCOC)c1cc(=S)c2scc(Br)c2o1. The molecule has 0 amide bonds. The largest absolute Gasteiger partial charge is 0.438 e. The van der Waals surface area contributed by atoms with Crippen LogP contribution in [0.3, 0.4) is 0 Å². The maximum Gasteiger partial charge on any atom is 0.197 e. The number of thioether (sulfide) groups is 1. The fraction of sp³-hybridized carbons (Fsp3) is 0.533. The van der Waals surface area contributed by atoms with E-state index in [-0.39, 0.29) is 0 Å². The number of fused-ring (bicyclic) bond motifs is 1. The van der Waals surface area contributed by atoms with E-state index in [2.05, 4.69) is 27.8 Å². The number of hydrogen-bond acceptors (Lipinski definition) is 6. The molecule has 7 heteroatoms. The van der Waals surface area contributed by atoms with E-state index in [0.717, 1.165) is 62.8 Å². The average molecular weight is 422 g/mol. The molecule has 0 saturated carbocycles. The molecule has 0 fully saturated rings. The van der Waals surface area contributed by atoms with Gasteiger partial charge in [-0.25, -0.2) is 0 Å². The third kappa shape index (κ3) is 4.71. The highest BCUT2D eigenvalue weighted by molar-refractivity contribution is 9.10. The number of thiophene rings is 1. The van der Waals surface area contributed by atoms with Crippen LogP contribution in [0.15, 0.2) is 20.3 Å². The zero-order valence-corrected chi connectivity index (χ0v) is 16.8. The van der Waals surface area contributed by atoms with Gasteiger partial charge in [-0.05, 0) is 22.4 Å². The van der Waals surface area contributed by atoms with E-state index in [0.29, 0.717) is 0 Å². The normalized spacial score (nSPS) is 11.2. The second-order valence-corrected chi connectivity index (χ2v) is 8.18. The van der Waals surface area contributed by atoms with Crippen LogP contribution in [0.5, 0.6) is 0 Å².